The third kappa shape index (κ3) is 2.04. The molecular formula is C11H22N2O2. The normalized spacial score (nSPS) is 41.8. The molecule has 0 aromatic rings. The van der Waals surface area contributed by atoms with Gasteiger partial charge in [0.25, 0.3) is 0 Å². The van der Waals surface area contributed by atoms with Crippen LogP contribution in [0.5, 0.6) is 0 Å². The van der Waals surface area contributed by atoms with Crippen molar-refractivity contribution in [2.45, 2.75) is 31.1 Å². The monoisotopic (exact) mass is 214 g/mol. The first-order valence-electron chi connectivity index (χ1n) is 5.79. The van der Waals surface area contributed by atoms with E-state index in [0.29, 0.717) is 12.0 Å². The molecule has 0 spiro atoms. The second-order valence-corrected chi connectivity index (χ2v) is 4.64. The van der Waals surface area contributed by atoms with Gasteiger partial charge in [-0.15, -0.1) is 0 Å². The number of ether oxygens (including phenoxy) is 2. The summed E-state index contributed by atoms with van der Waals surface area (Å²) in [6.07, 6.45) is 3.03. The Morgan fingerprint density at radius 1 is 1.13 bits per heavy atom. The van der Waals surface area contributed by atoms with E-state index in [9.17, 15) is 0 Å². The highest BCUT2D eigenvalue weighted by Crippen LogP contribution is 2.34. The lowest BCUT2D eigenvalue weighted by atomic mass is 9.79. The quantitative estimate of drug-likeness (QED) is 0.719. The predicted molar refractivity (Wildman–Crippen MR) is 58.7 cm³/mol. The SMILES string of the molecule is COC1CN(C2CCC2CN)CC1OC. The minimum atomic E-state index is 0.231. The van der Waals surface area contributed by atoms with Crippen LogP contribution in [0.15, 0.2) is 0 Å². The van der Waals surface area contributed by atoms with E-state index in [1.807, 2.05) is 0 Å². The Morgan fingerprint density at radius 2 is 1.73 bits per heavy atom. The van der Waals surface area contributed by atoms with Crippen molar-refractivity contribution in [3.8, 4) is 0 Å². The molecule has 4 unspecified atom stereocenters. The van der Waals surface area contributed by atoms with Gasteiger partial charge in [-0.25, -0.2) is 0 Å². The van der Waals surface area contributed by atoms with E-state index in [0.717, 1.165) is 19.6 Å². The van der Waals surface area contributed by atoms with Crippen LogP contribution in [0.1, 0.15) is 12.8 Å². The molecule has 2 rings (SSSR count). The van der Waals surface area contributed by atoms with Crippen LogP contribution in [0.4, 0.5) is 0 Å². The van der Waals surface area contributed by atoms with Gasteiger partial charge in [-0.1, -0.05) is 0 Å². The Kier molecular flexibility index (Phi) is 3.61. The first kappa shape index (κ1) is 11.3. The van der Waals surface area contributed by atoms with Crippen LogP contribution in [0.25, 0.3) is 0 Å². The van der Waals surface area contributed by atoms with Crippen molar-refractivity contribution in [1.82, 2.24) is 4.90 Å². The van der Waals surface area contributed by atoms with Crippen molar-refractivity contribution in [2.75, 3.05) is 33.9 Å². The molecule has 1 saturated carbocycles. The summed E-state index contributed by atoms with van der Waals surface area (Å²) in [4.78, 5) is 2.49. The predicted octanol–water partition coefficient (Wildman–Crippen LogP) is 0.0693. The zero-order valence-electron chi connectivity index (χ0n) is 9.69. The van der Waals surface area contributed by atoms with Crippen molar-refractivity contribution < 1.29 is 9.47 Å². The van der Waals surface area contributed by atoms with Crippen LogP contribution in [-0.4, -0.2) is 57.0 Å². The lowest BCUT2D eigenvalue weighted by Crippen LogP contribution is -2.49. The van der Waals surface area contributed by atoms with E-state index >= 15 is 0 Å². The molecule has 4 heteroatoms. The molecule has 1 aliphatic carbocycles. The first-order chi connectivity index (χ1) is 7.30. The summed E-state index contributed by atoms with van der Waals surface area (Å²) < 4.78 is 10.9. The summed E-state index contributed by atoms with van der Waals surface area (Å²) >= 11 is 0. The van der Waals surface area contributed by atoms with Crippen LogP contribution in [0, 0.1) is 5.92 Å². The highest BCUT2D eigenvalue weighted by atomic mass is 16.5. The average Bonchev–Trinajstić information content (AvgIpc) is 2.60. The van der Waals surface area contributed by atoms with E-state index in [-0.39, 0.29) is 12.2 Å². The minimum absolute atomic E-state index is 0.231. The Labute approximate surface area is 91.7 Å². The van der Waals surface area contributed by atoms with Crippen LogP contribution >= 0.6 is 0 Å². The molecule has 1 heterocycles. The Balaban J connectivity index is 1.90. The second kappa shape index (κ2) is 4.78. The number of methoxy groups -OCH3 is 2. The molecule has 1 saturated heterocycles. The molecule has 4 atom stereocenters. The van der Waals surface area contributed by atoms with E-state index in [4.69, 9.17) is 15.2 Å². The van der Waals surface area contributed by atoms with Crippen molar-refractivity contribution >= 4 is 0 Å². The topological polar surface area (TPSA) is 47.7 Å². The Hall–Kier alpha value is -0.160. The third-order valence-electron chi connectivity index (χ3n) is 4.00. The highest BCUT2D eigenvalue weighted by molar-refractivity contribution is 4.96. The van der Waals surface area contributed by atoms with Gasteiger partial charge in [0.15, 0.2) is 0 Å². The summed E-state index contributed by atoms with van der Waals surface area (Å²) in [7, 11) is 3.53. The summed E-state index contributed by atoms with van der Waals surface area (Å²) in [6.45, 7) is 2.81. The van der Waals surface area contributed by atoms with Crippen LogP contribution in [-0.2, 0) is 9.47 Å². The van der Waals surface area contributed by atoms with E-state index in [2.05, 4.69) is 4.90 Å². The van der Waals surface area contributed by atoms with Crippen LogP contribution in [0.2, 0.25) is 0 Å². The van der Waals surface area contributed by atoms with Gasteiger partial charge in [0.1, 0.15) is 0 Å². The lowest BCUT2D eigenvalue weighted by molar-refractivity contribution is -0.00461. The summed E-state index contributed by atoms with van der Waals surface area (Å²) in [6, 6.07) is 0.674. The molecule has 0 bridgehead atoms. The van der Waals surface area contributed by atoms with Gasteiger partial charge < -0.3 is 15.2 Å². The fourth-order valence-electron chi connectivity index (χ4n) is 2.80. The molecule has 0 aromatic carbocycles. The summed E-state index contributed by atoms with van der Waals surface area (Å²) in [5, 5.41) is 0. The van der Waals surface area contributed by atoms with E-state index in [1.54, 1.807) is 14.2 Å². The van der Waals surface area contributed by atoms with E-state index in [1.165, 1.54) is 12.8 Å². The molecule has 0 amide bonds. The maximum Gasteiger partial charge on any atom is 0.0971 e. The second-order valence-electron chi connectivity index (χ2n) is 4.64. The number of nitrogens with zero attached hydrogens (tertiary/aromatic N) is 1. The zero-order valence-corrected chi connectivity index (χ0v) is 9.69. The Morgan fingerprint density at radius 3 is 2.07 bits per heavy atom. The fourth-order valence-corrected chi connectivity index (χ4v) is 2.80. The number of likely N-dealkylation sites (tertiary alicyclic amines) is 1. The molecular weight excluding hydrogens is 192 g/mol. The molecule has 2 N–H and O–H groups in total. The molecule has 88 valence electrons. The van der Waals surface area contributed by atoms with Crippen LogP contribution in [0.3, 0.4) is 0 Å². The summed E-state index contributed by atoms with van der Waals surface area (Å²) in [5.41, 5.74) is 5.74. The first-order valence-corrected chi connectivity index (χ1v) is 5.79. The number of hydrogen-bond donors (Lipinski definition) is 1. The molecule has 0 radical (unpaired) electrons. The van der Waals surface area contributed by atoms with Gasteiger partial charge in [-0.05, 0) is 25.3 Å². The third-order valence-corrected chi connectivity index (χ3v) is 4.00. The van der Waals surface area contributed by atoms with Crippen molar-refractivity contribution in [3.05, 3.63) is 0 Å². The van der Waals surface area contributed by atoms with Gasteiger partial charge >= 0.3 is 0 Å². The molecule has 1 aliphatic heterocycles. The molecule has 4 nitrogen and oxygen atoms in total. The van der Waals surface area contributed by atoms with Gasteiger partial charge in [0, 0.05) is 33.4 Å². The average molecular weight is 214 g/mol. The fraction of sp³-hybridized carbons (Fsp3) is 1.00. The lowest BCUT2D eigenvalue weighted by Gasteiger charge is -2.42. The molecule has 15 heavy (non-hydrogen) atoms. The number of nitrogens with two attached hydrogens (primary N) is 1. The smallest absolute Gasteiger partial charge is 0.0971 e. The van der Waals surface area contributed by atoms with Crippen molar-refractivity contribution in [3.63, 3.8) is 0 Å². The summed E-state index contributed by atoms with van der Waals surface area (Å²) in [5.74, 6) is 0.693. The number of hydrogen-bond acceptors (Lipinski definition) is 4. The maximum atomic E-state index is 5.74. The molecule has 2 aliphatic rings. The highest BCUT2D eigenvalue weighted by Gasteiger charge is 2.42. The van der Waals surface area contributed by atoms with Crippen molar-refractivity contribution in [1.29, 1.82) is 0 Å². The van der Waals surface area contributed by atoms with Crippen molar-refractivity contribution in [2.24, 2.45) is 11.7 Å². The van der Waals surface area contributed by atoms with Gasteiger partial charge in [-0.2, -0.15) is 0 Å². The standard InChI is InChI=1S/C11H22N2O2/c1-14-10-6-13(7-11(10)15-2)9-4-3-8(9)5-12/h8-11H,3-7,12H2,1-2H3. The van der Waals surface area contributed by atoms with Gasteiger partial charge in [0.2, 0.25) is 0 Å². The molecule has 2 fully saturated rings. The van der Waals surface area contributed by atoms with Crippen LogP contribution < -0.4 is 5.73 Å². The molecule has 0 aromatic heterocycles. The van der Waals surface area contributed by atoms with Gasteiger partial charge in [-0.3, -0.25) is 4.90 Å². The van der Waals surface area contributed by atoms with E-state index < -0.39 is 0 Å². The minimum Gasteiger partial charge on any atom is -0.377 e. The number of rotatable bonds is 4. The largest absolute Gasteiger partial charge is 0.377 e. The maximum absolute atomic E-state index is 5.74. The Bertz CT molecular complexity index is 199. The zero-order chi connectivity index (χ0) is 10.8. The van der Waals surface area contributed by atoms with Gasteiger partial charge in [0.05, 0.1) is 12.2 Å².